The molecule has 0 bridgehead atoms. The van der Waals surface area contributed by atoms with Crippen molar-refractivity contribution >= 4 is 72.9 Å². The Bertz CT molecular complexity index is 4380. The molecule has 14 aromatic rings. The largest absolute Gasteiger partial charge is 0.311 e. The van der Waals surface area contributed by atoms with Crippen molar-refractivity contribution < 1.29 is 0 Å². The summed E-state index contributed by atoms with van der Waals surface area (Å²) in [5.41, 5.74) is 21.5. The molecule has 0 spiro atoms. The lowest BCUT2D eigenvalue weighted by Crippen LogP contribution is -2.12. The molecule has 82 heavy (non-hydrogen) atoms. The van der Waals surface area contributed by atoms with Gasteiger partial charge >= 0.3 is 0 Å². The first-order valence-electron chi connectivity index (χ1n) is 28.0. The van der Waals surface area contributed by atoms with Crippen LogP contribution in [0.3, 0.4) is 0 Å². The highest BCUT2D eigenvalue weighted by molar-refractivity contribution is 6.18. The predicted molar refractivity (Wildman–Crippen MR) is 347 cm³/mol. The molecule has 4 nitrogen and oxygen atoms in total. The van der Waals surface area contributed by atoms with E-state index < -0.39 is 0 Å². The van der Waals surface area contributed by atoms with Crippen LogP contribution in [0.25, 0.3) is 72.0 Å². The molecule has 0 aliphatic rings. The number of para-hydroxylation sites is 5. The lowest BCUT2D eigenvalue weighted by molar-refractivity contribution is 1.14. The fourth-order valence-corrected chi connectivity index (χ4v) is 11.8. The molecule has 0 radical (unpaired) electrons. The third-order valence-electron chi connectivity index (χ3n) is 15.6. The van der Waals surface area contributed by atoms with E-state index in [1.165, 1.54) is 49.6 Å². The molecule has 0 aliphatic heterocycles. The molecule has 0 aliphatic carbocycles. The average Bonchev–Trinajstić information content (AvgIpc) is 4.15. The summed E-state index contributed by atoms with van der Waals surface area (Å²) in [5.74, 6) is 0. The summed E-state index contributed by atoms with van der Waals surface area (Å²) < 4.78 is 2.48. The van der Waals surface area contributed by atoms with E-state index in [2.05, 4.69) is 359 Å². The molecule has 0 saturated heterocycles. The van der Waals surface area contributed by atoms with Gasteiger partial charge in [-0.1, -0.05) is 218 Å². The second-order valence-electron chi connectivity index (χ2n) is 20.5. The van der Waals surface area contributed by atoms with Gasteiger partial charge in [0, 0.05) is 73.2 Å². The Morgan fingerprint density at radius 1 is 0.195 bits per heavy atom. The average molecular weight is 1050 g/mol. The van der Waals surface area contributed by atoms with Gasteiger partial charge in [0.05, 0.1) is 11.2 Å². The molecule has 14 rings (SSSR count). The van der Waals surface area contributed by atoms with Crippen LogP contribution in [0.4, 0.5) is 51.2 Å². The van der Waals surface area contributed by atoms with Gasteiger partial charge in [-0.15, -0.1) is 0 Å². The summed E-state index contributed by atoms with van der Waals surface area (Å²) in [5, 5.41) is 3.63. The normalized spacial score (nSPS) is 11.2. The third-order valence-corrected chi connectivity index (χ3v) is 15.6. The Labute approximate surface area is 479 Å². The number of nitrogens with zero attached hydrogens (tertiary/aromatic N) is 4. The fraction of sp³-hybridized carbons (Fsp3) is 0. The van der Waals surface area contributed by atoms with E-state index in [1.807, 2.05) is 0 Å². The minimum Gasteiger partial charge on any atom is -0.311 e. The van der Waals surface area contributed by atoms with Crippen molar-refractivity contribution in [1.82, 2.24) is 4.57 Å². The van der Waals surface area contributed by atoms with Crippen LogP contribution in [-0.2, 0) is 0 Å². The Morgan fingerprint density at radius 3 is 0.915 bits per heavy atom. The predicted octanol–water partition coefficient (Wildman–Crippen LogP) is 21.9. The van der Waals surface area contributed by atoms with Gasteiger partial charge < -0.3 is 19.3 Å². The maximum atomic E-state index is 2.48. The monoisotopic (exact) mass is 1050 g/mol. The fourth-order valence-electron chi connectivity index (χ4n) is 11.8. The molecule has 0 saturated carbocycles. The smallest absolute Gasteiger partial charge is 0.0620 e. The van der Waals surface area contributed by atoms with E-state index in [-0.39, 0.29) is 0 Å². The highest BCUT2D eigenvalue weighted by Crippen LogP contribution is 2.47. The molecule has 0 amide bonds. The molecule has 0 N–H and O–H groups in total. The first-order chi connectivity index (χ1) is 40.7. The van der Waals surface area contributed by atoms with Gasteiger partial charge in [0.25, 0.3) is 0 Å². The van der Waals surface area contributed by atoms with Crippen molar-refractivity contribution in [3.63, 3.8) is 0 Å². The molecule has 0 fully saturated rings. The Kier molecular flexibility index (Phi) is 13.3. The van der Waals surface area contributed by atoms with Gasteiger partial charge in [0.1, 0.15) is 0 Å². The quantitative estimate of drug-likeness (QED) is 0.108. The zero-order valence-electron chi connectivity index (χ0n) is 45.1. The van der Waals surface area contributed by atoms with Crippen LogP contribution < -0.4 is 14.7 Å². The van der Waals surface area contributed by atoms with E-state index >= 15 is 0 Å². The molecular formula is C78H56N4. The number of fused-ring (bicyclic) bond motifs is 3. The number of hydrogen-bond acceptors (Lipinski definition) is 3. The maximum absolute atomic E-state index is 2.48. The summed E-state index contributed by atoms with van der Waals surface area (Å²) in [6.45, 7) is 0. The van der Waals surface area contributed by atoms with Crippen molar-refractivity contribution in [1.29, 1.82) is 0 Å². The molecule has 1 aromatic heterocycles. The van der Waals surface area contributed by atoms with Gasteiger partial charge in [0.15, 0.2) is 0 Å². The zero-order chi connectivity index (χ0) is 54.6. The Hall–Kier alpha value is -10.9. The minimum absolute atomic E-state index is 1.07. The molecule has 1 heterocycles. The van der Waals surface area contributed by atoms with E-state index in [0.29, 0.717) is 0 Å². The topological polar surface area (TPSA) is 14.7 Å². The van der Waals surface area contributed by atoms with Crippen LogP contribution in [0.2, 0.25) is 0 Å². The summed E-state index contributed by atoms with van der Waals surface area (Å²) in [7, 11) is 0. The molecule has 13 aromatic carbocycles. The van der Waals surface area contributed by atoms with Crippen molar-refractivity contribution in [2.75, 3.05) is 14.7 Å². The van der Waals surface area contributed by atoms with Crippen LogP contribution in [0, 0.1) is 0 Å². The molecule has 388 valence electrons. The van der Waals surface area contributed by atoms with Crippen molar-refractivity contribution in [2.45, 2.75) is 0 Å². The van der Waals surface area contributed by atoms with Crippen LogP contribution in [0.5, 0.6) is 0 Å². The van der Waals surface area contributed by atoms with Gasteiger partial charge in [-0.2, -0.15) is 0 Å². The molecule has 0 unspecified atom stereocenters. The summed E-state index contributed by atoms with van der Waals surface area (Å²) >= 11 is 0. The summed E-state index contributed by atoms with van der Waals surface area (Å²) in [4.78, 5) is 6.96. The zero-order valence-corrected chi connectivity index (χ0v) is 45.1. The standard InChI is InChI=1S/C78H56N4/c1-8-23-60(24-9-1)76-75-56-55-73-72(37-22-38-74(73)78(75)82(66-35-20-7-21-36-66)77(76)61-25-10-2-11-26-61)59-43-49-69(50-44-59)80(64-31-16-5-17-32-64)67-45-39-57(40-46-67)58-41-47-68(48-42-58)81(65-33-18-6-19-34-65)71-53-51-70(52-54-71)79(62-27-12-3-13-28-62)63-29-14-4-15-30-63/h1-56H. The van der Waals surface area contributed by atoms with Crippen LogP contribution in [0.15, 0.2) is 340 Å². The Morgan fingerprint density at radius 2 is 0.512 bits per heavy atom. The SMILES string of the molecule is c1ccc(-c2c(-c3ccccc3)n(-c3ccccc3)c3c2ccc2c(-c4ccc(N(c5ccccc5)c5ccc(-c6ccc(N(c7ccccc7)c7ccc(N(c8ccccc8)c8ccccc8)cc7)cc6)cc5)cc4)cccc23)cc1. The van der Waals surface area contributed by atoms with Crippen molar-refractivity contribution in [3.8, 4) is 50.3 Å². The minimum atomic E-state index is 1.07. The van der Waals surface area contributed by atoms with E-state index in [0.717, 1.165) is 73.6 Å². The summed E-state index contributed by atoms with van der Waals surface area (Å²) in [6.07, 6.45) is 0. The van der Waals surface area contributed by atoms with Gasteiger partial charge in [-0.25, -0.2) is 0 Å². The first kappa shape index (κ1) is 49.4. The van der Waals surface area contributed by atoms with Crippen LogP contribution >= 0.6 is 0 Å². The summed E-state index contributed by atoms with van der Waals surface area (Å²) in [6, 6.07) is 122. The van der Waals surface area contributed by atoms with E-state index in [4.69, 9.17) is 0 Å². The molecule has 0 atom stereocenters. The number of aromatic nitrogens is 1. The highest BCUT2D eigenvalue weighted by atomic mass is 15.2. The second kappa shape index (κ2) is 22.1. The second-order valence-corrected chi connectivity index (χ2v) is 20.5. The lowest BCUT2D eigenvalue weighted by atomic mass is 9.94. The first-order valence-corrected chi connectivity index (χ1v) is 28.0. The third kappa shape index (κ3) is 9.44. The van der Waals surface area contributed by atoms with Gasteiger partial charge in [-0.3, -0.25) is 0 Å². The van der Waals surface area contributed by atoms with Gasteiger partial charge in [-0.05, 0) is 160 Å². The number of hydrogen-bond donors (Lipinski definition) is 0. The van der Waals surface area contributed by atoms with Crippen LogP contribution in [-0.4, -0.2) is 4.57 Å². The molecule has 4 heteroatoms. The van der Waals surface area contributed by atoms with E-state index in [9.17, 15) is 0 Å². The van der Waals surface area contributed by atoms with Crippen molar-refractivity contribution in [2.24, 2.45) is 0 Å². The lowest BCUT2D eigenvalue weighted by Gasteiger charge is -2.28. The number of benzene rings is 13. The van der Waals surface area contributed by atoms with Crippen LogP contribution in [0.1, 0.15) is 0 Å². The Balaban J connectivity index is 0.781. The maximum Gasteiger partial charge on any atom is 0.0620 e. The molecular weight excluding hydrogens is 993 g/mol. The van der Waals surface area contributed by atoms with Crippen molar-refractivity contribution in [3.05, 3.63) is 340 Å². The number of rotatable bonds is 14. The highest BCUT2D eigenvalue weighted by Gasteiger charge is 2.24. The van der Waals surface area contributed by atoms with E-state index in [1.54, 1.807) is 0 Å². The number of anilines is 9. The van der Waals surface area contributed by atoms with Gasteiger partial charge in [0.2, 0.25) is 0 Å².